The van der Waals surface area contributed by atoms with Gasteiger partial charge in [-0.1, -0.05) is 18.6 Å². The van der Waals surface area contributed by atoms with Crippen molar-refractivity contribution in [1.29, 1.82) is 0 Å². The second kappa shape index (κ2) is 3.59. The zero-order valence-electron chi connectivity index (χ0n) is 9.69. The molecule has 0 aromatic carbocycles. The van der Waals surface area contributed by atoms with Crippen LogP contribution in [0.3, 0.4) is 0 Å². The largest absolute Gasteiger partial charge is 0.340 e. The van der Waals surface area contributed by atoms with Gasteiger partial charge in [0.1, 0.15) is 0 Å². The molecule has 16 heavy (non-hydrogen) atoms. The van der Waals surface area contributed by atoms with Crippen molar-refractivity contribution in [2.75, 3.05) is 13.1 Å². The van der Waals surface area contributed by atoms with E-state index in [1.165, 1.54) is 19.3 Å². The number of carbonyl (C=O) groups excluding carboxylic acids is 1. The van der Waals surface area contributed by atoms with E-state index in [2.05, 4.69) is 12.2 Å². The molecule has 1 atom stereocenters. The zero-order valence-corrected chi connectivity index (χ0v) is 9.69. The van der Waals surface area contributed by atoms with Crippen molar-refractivity contribution in [2.45, 2.75) is 38.1 Å². The Morgan fingerprint density at radius 3 is 2.50 bits per heavy atom. The first-order valence-corrected chi connectivity index (χ1v) is 6.41. The number of likely N-dealkylation sites (tertiary alicyclic amines) is 1. The molecule has 3 rings (SSSR count). The normalized spacial score (nSPS) is 32.3. The predicted octanol–water partition coefficient (Wildman–Crippen LogP) is 1.29. The molecule has 1 unspecified atom stereocenters. The van der Waals surface area contributed by atoms with Crippen LogP contribution in [-0.2, 0) is 4.79 Å². The van der Waals surface area contributed by atoms with Crippen LogP contribution in [0.25, 0.3) is 0 Å². The number of allylic oxidation sites excluding steroid dienone is 2. The van der Waals surface area contributed by atoms with E-state index in [1.54, 1.807) is 0 Å². The summed E-state index contributed by atoms with van der Waals surface area (Å²) in [5.41, 5.74) is 6.49. The third-order valence-corrected chi connectivity index (χ3v) is 4.73. The molecule has 0 aromatic rings. The molecular weight excluding hydrogens is 200 g/mol. The molecule has 0 radical (unpaired) electrons. The molecule has 1 saturated heterocycles. The van der Waals surface area contributed by atoms with Gasteiger partial charge in [0.05, 0.1) is 0 Å². The van der Waals surface area contributed by atoms with Gasteiger partial charge in [-0.25, -0.2) is 0 Å². The van der Waals surface area contributed by atoms with Crippen molar-refractivity contribution in [1.82, 2.24) is 4.90 Å². The minimum absolute atomic E-state index is 0.211. The SMILES string of the molecule is NC1CN(C(=O)C2CC=CC2)CC12CCC2. The lowest BCUT2D eigenvalue weighted by Crippen LogP contribution is -2.45. The number of amides is 1. The van der Waals surface area contributed by atoms with Crippen molar-refractivity contribution in [2.24, 2.45) is 17.1 Å². The number of carbonyl (C=O) groups is 1. The highest BCUT2D eigenvalue weighted by Gasteiger charge is 2.50. The Kier molecular flexibility index (Phi) is 2.32. The Bertz CT molecular complexity index is 325. The van der Waals surface area contributed by atoms with E-state index in [0.717, 1.165) is 25.9 Å². The summed E-state index contributed by atoms with van der Waals surface area (Å²) < 4.78 is 0. The van der Waals surface area contributed by atoms with Crippen LogP contribution in [0.15, 0.2) is 12.2 Å². The van der Waals surface area contributed by atoms with Crippen LogP contribution in [0.1, 0.15) is 32.1 Å². The van der Waals surface area contributed by atoms with Gasteiger partial charge in [-0.3, -0.25) is 4.79 Å². The molecule has 2 aliphatic carbocycles. The lowest BCUT2D eigenvalue weighted by molar-refractivity contribution is -0.134. The van der Waals surface area contributed by atoms with Crippen LogP contribution in [0.5, 0.6) is 0 Å². The van der Waals surface area contributed by atoms with Crippen LogP contribution in [0.2, 0.25) is 0 Å². The van der Waals surface area contributed by atoms with Gasteiger partial charge in [-0.2, -0.15) is 0 Å². The number of hydrogen-bond donors (Lipinski definition) is 1. The third-order valence-electron chi connectivity index (χ3n) is 4.73. The minimum atomic E-state index is 0.211. The zero-order chi connectivity index (χ0) is 11.2. The van der Waals surface area contributed by atoms with Gasteiger partial charge in [0.2, 0.25) is 5.91 Å². The average molecular weight is 220 g/mol. The molecule has 0 aromatic heterocycles. The van der Waals surface area contributed by atoms with Crippen LogP contribution in [0.4, 0.5) is 0 Å². The fraction of sp³-hybridized carbons (Fsp3) is 0.769. The first kappa shape index (κ1) is 10.3. The van der Waals surface area contributed by atoms with E-state index in [9.17, 15) is 4.79 Å². The summed E-state index contributed by atoms with van der Waals surface area (Å²) >= 11 is 0. The molecule has 0 bridgehead atoms. The number of hydrogen-bond acceptors (Lipinski definition) is 2. The highest BCUT2D eigenvalue weighted by molar-refractivity contribution is 5.80. The molecule has 1 heterocycles. The Balaban J connectivity index is 1.66. The Morgan fingerprint density at radius 1 is 1.31 bits per heavy atom. The van der Waals surface area contributed by atoms with E-state index < -0.39 is 0 Å². The van der Waals surface area contributed by atoms with Gasteiger partial charge < -0.3 is 10.6 Å². The first-order chi connectivity index (χ1) is 7.71. The van der Waals surface area contributed by atoms with Gasteiger partial charge in [0.25, 0.3) is 0 Å². The highest BCUT2D eigenvalue weighted by atomic mass is 16.2. The summed E-state index contributed by atoms with van der Waals surface area (Å²) in [7, 11) is 0. The molecule has 1 spiro atoms. The quantitative estimate of drug-likeness (QED) is 0.677. The summed E-state index contributed by atoms with van der Waals surface area (Å²) in [6.07, 6.45) is 9.84. The Hall–Kier alpha value is -0.830. The molecule has 3 aliphatic rings. The maximum Gasteiger partial charge on any atom is 0.226 e. The highest BCUT2D eigenvalue weighted by Crippen LogP contribution is 2.47. The summed E-state index contributed by atoms with van der Waals surface area (Å²) in [5, 5.41) is 0. The maximum absolute atomic E-state index is 12.3. The van der Waals surface area contributed by atoms with Crippen molar-refractivity contribution in [3.8, 4) is 0 Å². The van der Waals surface area contributed by atoms with Crippen LogP contribution in [0, 0.1) is 11.3 Å². The second-order valence-electron chi connectivity index (χ2n) is 5.68. The molecule has 1 amide bonds. The van der Waals surface area contributed by atoms with Gasteiger partial charge in [0.15, 0.2) is 0 Å². The lowest BCUT2D eigenvalue weighted by Gasteiger charge is -2.41. The van der Waals surface area contributed by atoms with E-state index in [1.807, 2.05) is 4.90 Å². The molecule has 3 heteroatoms. The van der Waals surface area contributed by atoms with Crippen LogP contribution < -0.4 is 5.73 Å². The second-order valence-corrected chi connectivity index (χ2v) is 5.68. The smallest absolute Gasteiger partial charge is 0.226 e. The Labute approximate surface area is 96.7 Å². The fourth-order valence-electron chi connectivity index (χ4n) is 3.40. The summed E-state index contributed by atoms with van der Waals surface area (Å²) in [6, 6.07) is 0.222. The standard InChI is InChI=1S/C13H20N2O/c14-11-8-15(9-13(11)6-3-7-13)12(16)10-4-1-2-5-10/h1-2,10-11H,3-9,14H2. The number of rotatable bonds is 1. The fourth-order valence-corrected chi connectivity index (χ4v) is 3.40. The molecule has 3 nitrogen and oxygen atoms in total. The Morgan fingerprint density at radius 2 is 2.00 bits per heavy atom. The van der Waals surface area contributed by atoms with E-state index in [-0.39, 0.29) is 12.0 Å². The average Bonchev–Trinajstić information content (AvgIpc) is 2.81. The molecule has 1 saturated carbocycles. The minimum Gasteiger partial charge on any atom is -0.340 e. The van der Waals surface area contributed by atoms with Crippen LogP contribution in [-0.4, -0.2) is 29.9 Å². The topological polar surface area (TPSA) is 46.3 Å². The van der Waals surface area contributed by atoms with E-state index in [4.69, 9.17) is 5.73 Å². The summed E-state index contributed by atoms with van der Waals surface area (Å²) in [5.74, 6) is 0.548. The third kappa shape index (κ3) is 1.41. The summed E-state index contributed by atoms with van der Waals surface area (Å²) in [6.45, 7) is 1.71. The predicted molar refractivity (Wildman–Crippen MR) is 62.7 cm³/mol. The van der Waals surface area contributed by atoms with Gasteiger partial charge in [0, 0.05) is 30.5 Å². The first-order valence-electron chi connectivity index (χ1n) is 6.41. The van der Waals surface area contributed by atoms with E-state index in [0.29, 0.717) is 11.3 Å². The maximum atomic E-state index is 12.3. The molecule has 2 N–H and O–H groups in total. The number of nitrogens with zero attached hydrogens (tertiary/aromatic N) is 1. The van der Waals surface area contributed by atoms with Crippen molar-refractivity contribution >= 4 is 5.91 Å². The van der Waals surface area contributed by atoms with Crippen molar-refractivity contribution < 1.29 is 4.79 Å². The van der Waals surface area contributed by atoms with Crippen molar-refractivity contribution in [3.05, 3.63) is 12.2 Å². The summed E-state index contributed by atoms with van der Waals surface area (Å²) in [4.78, 5) is 14.3. The lowest BCUT2D eigenvalue weighted by atomic mass is 9.66. The van der Waals surface area contributed by atoms with Crippen molar-refractivity contribution in [3.63, 3.8) is 0 Å². The van der Waals surface area contributed by atoms with Gasteiger partial charge in [-0.05, 0) is 25.7 Å². The number of nitrogens with two attached hydrogens (primary N) is 1. The molecule has 2 fully saturated rings. The van der Waals surface area contributed by atoms with Gasteiger partial charge >= 0.3 is 0 Å². The monoisotopic (exact) mass is 220 g/mol. The molecule has 88 valence electrons. The van der Waals surface area contributed by atoms with Gasteiger partial charge in [-0.15, -0.1) is 0 Å². The molecular formula is C13H20N2O. The van der Waals surface area contributed by atoms with E-state index >= 15 is 0 Å². The van der Waals surface area contributed by atoms with Crippen LogP contribution >= 0.6 is 0 Å². The molecule has 1 aliphatic heterocycles.